The molecule has 2 aromatic heterocycles. The van der Waals surface area contributed by atoms with Gasteiger partial charge < -0.3 is 15.2 Å². The first kappa shape index (κ1) is 26.9. The Morgan fingerprint density at radius 1 is 1.16 bits per heavy atom. The van der Waals surface area contributed by atoms with E-state index in [2.05, 4.69) is 25.8 Å². The van der Waals surface area contributed by atoms with E-state index in [0.29, 0.717) is 38.5 Å². The fourth-order valence-electron chi connectivity index (χ4n) is 3.59. The van der Waals surface area contributed by atoms with Crippen molar-refractivity contribution in [1.29, 1.82) is 0 Å². The predicted octanol–water partition coefficient (Wildman–Crippen LogP) is 4.69. The van der Waals surface area contributed by atoms with Crippen LogP contribution in [0.1, 0.15) is 40.3 Å². The molecule has 4 rings (SSSR count). The second kappa shape index (κ2) is 11.5. The van der Waals surface area contributed by atoms with Crippen molar-refractivity contribution >= 4 is 45.7 Å². The quantitative estimate of drug-likeness (QED) is 0.173. The first-order valence-electron chi connectivity index (χ1n) is 11.5. The number of aryl methyl sites for hydroxylation is 2. The van der Waals surface area contributed by atoms with Gasteiger partial charge in [-0.15, -0.1) is 21.5 Å². The Kier molecular flexibility index (Phi) is 8.17. The van der Waals surface area contributed by atoms with Gasteiger partial charge in [0.25, 0.3) is 11.6 Å². The Labute approximate surface area is 226 Å². The Bertz CT molecular complexity index is 1500. The van der Waals surface area contributed by atoms with Gasteiger partial charge in [0.1, 0.15) is 0 Å². The second-order valence-electron chi connectivity index (χ2n) is 8.59. The zero-order chi connectivity index (χ0) is 27.4. The molecule has 2 heterocycles. The molecular formula is C25H25N7O4S2. The molecular weight excluding hydrogens is 526 g/mol. The molecule has 4 aromatic rings. The molecule has 13 heteroatoms. The third-order valence-corrected chi connectivity index (χ3v) is 7.48. The molecule has 11 nitrogen and oxygen atoms in total. The first-order chi connectivity index (χ1) is 18.1. The van der Waals surface area contributed by atoms with Crippen LogP contribution in [0.4, 0.5) is 10.8 Å². The van der Waals surface area contributed by atoms with E-state index in [1.54, 1.807) is 48.2 Å². The number of carbonyl (C=O) groups is 2. The van der Waals surface area contributed by atoms with Gasteiger partial charge in [0, 0.05) is 35.2 Å². The summed E-state index contributed by atoms with van der Waals surface area (Å²) in [6, 6.07) is 11.8. The number of amides is 2. The van der Waals surface area contributed by atoms with Gasteiger partial charge in [0.05, 0.1) is 22.4 Å². The van der Waals surface area contributed by atoms with Crippen molar-refractivity contribution in [3.8, 4) is 11.3 Å². The Hall–Kier alpha value is -4.10. The minimum atomic E-state index is -0.429. The Balaban J connectivity index is 1.33. The van der Waals surface area contributed by atoms with Crippen LogP contribution >= 0.6 is 23.1 Å². The monoisotopic (exact) mass is 551 g/mol. The maximum Gasteiger partial charge on any atom is 0.272 e. The van der Waals surface area contributed by atoms with Crippen LogP contribution in [0.25, 0.3) is 11.3 Å². The third kappa shape index (κ3) is 6.23. The number of benzene rings is 2. The molecule has 196 valence electrons. The van der Waals surface area contributed by atoms with Gasteiger partial charge in [0.2, 0.25) is 5.91 Å². The maximum atomic E-state index is 12.5. The summed E-state index contributed by atoms with van der Waals surface area (Å²) in [6.07, 6.45) is 0. The summed E-state index contributed by atoms with van der Waals surface area (Å²) in [5, 5.41) is 27.9. The van der Waals surface area contributed by atoms with Crippen LogP contribution in [0.3, 0.4) is 0 Å². The lowest BCUT2D eigenvalue weighted by molar-refractivity contribution is -0.385. The lowest BCUT2D eigenvalue weighted by Crippen LogP contribution is -2.28. The van der Waals surface area contributed by atoms with Gasteiger partial charge in [-0.05, 0) is 32.9 Å². The molecule has 2 amide bonds. The molecule has 1 atom stereocenters. The summed E-state index contributed by atoms with van der Waals surface area (Å²) in [6.45, 7) is 5.45. The van der Waals surface area contributed by atoms with E-state index in [-0.39, 0.29) is 23.3 Å². The van der Waals surface area contributed by atoms with Crippen molar-refractivity contribution in [3.05, 3.63) is 80.5 Å². The van der Waals surface area contributed by atoms with Crippen molar-refractivity contribution in [1.82, 2.24) is 25.1 Å². The number of nitrogens with zero attached hydrogens (tertiary/aromatic N) is 5. The van der Waals surface area contributed by atoms with Crippen molar-refractivity contribution < 1.29 is 14.5 Å². The molecule has 2 aromatic carbocycles. The van der Waals surface area contributed by atoms with E-state index >= 15 is 0 Å². The highest BCUT2D eigenvalue weighted by atomic mass is 32.2. The molecule has 0 aliphatic rings. The highest BCUT2D eigenvalue weighted by molar-refractivity contribution is 7.99. The van der Waals surface area contributed by atoms with Gasteiger partial charge >= 0.3 is 0 Å². The molecule has 0 saturated carbocycles. The summed E-state index contributed by atoms with van der Waals surface area (Å²) in [5.74, 6) is 0.138. The molecule has 0 fully saturated rings. The third-order valence-electron chi connectivity index (χ3n) is 5.70. The topological polar surface area (TPSA) is 145 Å². The van der Waals surface area contributed by atoms with E-state index in [0.717, 1.165) is 5.56 Å². The molecule has 38 heavy (non-hydrogen) atoms. The fraction of sp³-hybridized carbons (Fsp3) is 0.240. The van der Waals surface area contributed by atoms with Gasteiger partial charge in [-0.25, -0.2) is 4.98 Å². The Morgan fingerprint density at radius 3 is 2.61 bits per heavy atom. The smallest absolute Gasteiger partial charge is 0.272 e. The number of nitro benzene ring substituents is 1. The van der Waals surface area contributed by atoms with E-state index < -0.39 is 11.0 Å². The van der Waals surface area contributed by atoms with Crippen LogP contribution in [0.5, 0.6) is 0 Å². The minimum absolute atomic E-state index is 0.0181. The SMILES string of the molecule is Cc1ccc(C(=O)NC(C)c2nnc(SCC(=O)Nc3nc(-c4ccc(C)c([N+](=O)[O-])c4)cs3)n2C)cc1. The second-order valence-corrected chi connectivity index (χ2v) is 10.4. The number of thiazole rings is 1. The van der Waals surface area contributed by atoms with Gasteiger partial charge in [-0.1, -0.05) is 41.6 Å². The molecule has 0 radical (unpaired) electrons. The molecule has 0 bridgehead atoms. The van der Waals surface area contributed by atoms with Gasteiger partial charge in [-0.2, -0.15) is 0 Å². The average molecular weight is 552 g/mol. The van der Waals surface area contributed by atoms with Crippen molar-refractivity contribution in [2.75, 3.05) is 11.1 Å². The lowest BCUT2D eigenvalue weighted by atomic mass is 10.1. The van der Waals surface area contributed by atoms with Gasteiger partial charge in [0.15, 0.2) is 16.1 Å². The standard InChI is InChI=1S/C25H25N7O4S2/c1-14-5-8-17(9-6-14)23(34)26-16(3)22-29-30-25(31(22)4)38-13-21(33)28-24-27-19(12-37-24)18-10-7-15(2)20(11-18)32(35)36/h5-12,16H,13H2,1-4H3,(H,26,34)(H,27,28,33). The largest absolute Gasteiger partial charge is 0.342 e. The first-order valence-corrected chi connectivity index (χ1v) is 13.4. The molecule has 2 N–H and O–H groups in total. The number of nitro groups is 1. The lowest BCUT2D eigenvalue weighted by Gasteiger charge is -2.13. The van der Waals surface area contributed by atoms with E-state index in [1.165, 1.54) is 29.2 Å². The normalized spacial score (nSPS) is 11.7. The zero-order valence-corrected chi connectivity index (χ0v) is 22.7. The highest BCUT2D eigenvalue weighted by Gasteiger charge is 2.20. The number of anilines is 1. The van der Waals surface area contributed by atoms with Crippen LogP contribution in [0.15, 0.2) is 53.0 Å². The van der Waals surface area contributed by atoms with Crippen LogP contribution in [0.2, 0.25) is 0 Å². The number of carbonyl (C=O) groups excluding carboxylic acids is 2. The van der Waals surface area contributed by atoms with Crippen LogP contribution in [-0.2, 0) is 11.8 Å². The number of rotatable bonds is 9. The van der Waals surface area contributed by atoms with Gasteiger partial charge in [-0.3, -0.25) is 19.7 Å². The van der Waals surface area contributed by atoms with Crippen LogP contribution < -0.4 is 10.6 Å². The molecule has 0 aliphatic heterocycles. The summed E-state index contributed by atoms with van der Waals surface area (Å²) in [7, 11) is 1.78. The summed E-state index contributed by atoms with van der Waals surface area (Å²) < 4.78 is 1.74. The summed E-state index contributed by atoms with van der Waals surface area (Å²) in [4.78, 5) is 40.2. The molecule has 0 spiro atoms. The molecule has 0 saturated heterocycles. The number of aromatic nitrogens is 4. The average Bonchev–Trinajstić information content (AvgIpc) is 3.49. The molecule has 0 aliphatic carbocycles. The highest BCUT2D eigenvalue weighted by Crippen LogP contribution is 2.29. The summed E-state index contributed by atoms with van der Waals surface area (Å²) in [5.41, 5.74) is 3.35. The van der Waals surface area contributed by atoms with Crippen LogP contribution in [-0.4, -0.2) is 42.2 Å². The zero-order valence-electron chi connectivity index (χ0n) is 21.1. The number of thioether (sulfide) groups is 1. The van der Waals surface area contributed by atoms with E-state index in [4.69, 9.17) is 0 Å². The van der Waals surface area contributed by atoms with Crippen molar-refractivity contribution in [2.45, 2.75) is 32.0 Å². The fourth-order valence-corrected chi connectivity index (χ4v) is 5.05. The Morgan fingerprint density at radius 2 is 1.89 bits per heavy atom. The number of hydrogen-bond acceptors (Lipinski definition) is 9. The predicted molar refractivity (Wildman–Crippen MR) is 146 cm³/mol. The summed E-state index contributed by atoms with van der Waals surface area (Å²) >= 11 is 2.44. The molecule has 1 unspecified atom stereocenters. The number of hydrogen-bond donors (Lipinski definition) is 2. The number of nitrogens with one attached hydrogen (secondary N) is 2. The maximum absolute atomic E-state index is 12.5. The van der Waals surface area contributed by atoms with Crippen LogP contribution in [0, 0.1) is 24.0 Å². The minimum Gasteiger partial charge on any atom is -0.342 e. The van der Waals surface area contributed by atoms with Crippen molar-refractivity contribution in [2.24, 2.45) is 7.05 Å². The van der Waals surface area contributed by atoms with E-state index in [1.807, 2.05) is 26.0 Å². The van der Waals surface area contributed by atoms with E-state index in [9.17, 15) is 19.7 Å². The van der Waals surface area contributed by atoms with Crippen molar-refractivity contribution in [3.63, 3.8) is 0 Å².